The van der Waals surface area contributed by atoms with E-state index in [4.69, 9.17) is 16.3 Å². The van der Waals surface area contributed by atoms with E-state index in [2.05, 4.69) is 20.4 Å². The molecule has 1 aromatic carbocycles. The zero-order valence-electron chi connectivity index (χ0n) is 15.1. The normalized spacial score (nSPS) is 11.1. The Hall–Kier alpha value is -3.03. The summed E-state index contributed by atoms with van der Waals surface area (Å²) in [6, 6.07) is 9.82. The number of nitrogens with one attached hydrogen (secondary N) is 1. The summed E-state index contributed by atoms with van der Waals surface area (Å²) < 4.78 is 21.1. The predicted octanol–water partition coefficient (Wildman–Crippen LogP) is 4.68. The Bertz CT molecular complexity index is 1130. The first-order valence-corrected chi connectivity index (χ1v) is 9.01. The summed E-state index contributed by atoms with van der Waals surface area (Å²) >= 11 is 6.00. The van der Waals surface area contributed by atoms with Crippen LogP contribution in [0.15, 0.2) is 55.0 Å². The minimum atomic E-state index is -0.378. The fraction of sp³-hybridized carbons (Fsp3) is 0.150. The van der Waals surface area contributed by atoms with E-state index in [1.165, 1.54) is 12.1 Å². The van der Waals surface area contributed by atoms with Gasteiger partial charge in [0, 0.05) is 35.8 Å². The Morgan fingerprint density at radius 1 is 1.14 bits per heavy atom. The number of anilines is 2. The van der Waals surface area contributed by atoms with Crippen molar-refractivity contribution in [1.29, 1.82) is 0 Å². The summed E-state index contributed by atoms with van der Waals surface area (Å²) in [5.41, 5.74) is 3.90. The van der Waals surface area contributed by atoms with Gasteiger partial charge in [0.05, 0.1) is 30.7 Å². The van der Waals surface area contributed by atoms with Crippen LogP contribution in [0.5, 0.6) is 0 Å². The summed E-state index contributed by atoms with van der Waals surface area (Å²) in [7, 11) is 1.65. The highest BCUT2D eigenvalue weighted by atomic mass is 35.5. The number of halogens is 2. The van der Waals surface area contributed by atoms with Crippen molar-refractivity contribution in [2.45, 2.75) is 6.54 Å². The largest absolute Gasteiger partial charge is 0.383 e. The van der Waals surface area contributed by atoms with Crippen LogP contribution in [-0.2, 0) is 11.3 Å². The Morgan fingerprint density at radius 2 is 2.00 bits per heavy atom. The van der Waals surface area contributed by atoms with Gasteiger partial charge in [-0.25, -0.2) is 4.39 Å². The van der Waals surface area contributed by atoms with Gasteiger partial charge < -0.3 is 10.1 Å². The number of hydrogen-bond donors (Lipinski definition) is 1. The van der Waals surface area contributed by atoms with Gasteiger partial charge in [-0.05, 0) is 36.4 Å². The van der Waals surface area contributed by atoms with E-state index in [0.717, 1.165) is 22.4 Å². The number of benzene rings is 1. The van der Waals surface area contributed by atoms with Crippen LogP contribution in [0.4, 0.5) is 15.8 Å². The molecule has 4 rings (SSSR count). The summed E-state index contributed by atoms with van der Waals surface area (Å²) in [5, 5.41) is 8.34. The van der Waals surface area contributed by atoms with E-state index < -0.39 is 0 Å². The molecule has 0 aliphatic heterocycles. The molecule has 28 heavy (non-hydrogen) atoms. The van der Waals surface area contributed by atoms with Gasteiger partial charge in [0.25, 0.3) is 0 Å². The number of fused-ring (bicyclic) bond motifs is 1. The van der Waals surface area contributed by atoms with Crippen molar-refractivity contribution >= 4 is 34.0 Å². The first-order chi connectivity index (χ1) is 13.6. The van der Waals surface area contributed by atoms with Gasteiger partial charge in [-0.3, -0.25) is 14.6 Å². The lowest BCUT2D eigenvalue weighted by molar-refractivity contribution is 0.184. The van der Waals surface area contributed by atoms with Gasteiger partial charge in [-0.2, -0.15) is 5.10 Å². The summed E-state index contributed by atoms with van der Waals surface area (Å²) in [6.07, 6.45) is 5.21. The molecule has 8 heteroatoms. The van der Waals surface area contributed by atoms with Crippen molar-refractivity contribution in [1.82, 2.24) is 19.7 Å². The van der Waals surface area contributed by atoms with E-state index in [1.807, 2.05) is 12.3 Å². The molecule has 6 nitrogen and oxygen atoms in total. The average Bonchev–Trinajstić information content (AvgIpc) is 3.12. The third-order valence-electron chi connectivity index (χ3n) is 4.22. The van der Waals surface area contributed by atoms with E-state index in [1.54, 1.807) is 42.4 Å². The van der Waals surface area contributed by atoms with E-state index >= 15 is 0 Å². The summed E-state index contributed by atoms with van der Waals surface area (Å²) in [5.74, 6) is -0.378. The van der Waals surface area contributed by atoms with Gasteiger partial charge >= 0.3 is 0 Å². The lowest BCUT2D eigenvalue weighted by Crippen LogP contribution is -2.04. The second kappa shape index (κ2) is 7.92. The fourth-order valence-corrected chi connectivity index (χ4v) is 3.05. The minimum absolute atomic E-state index is 0.347. The van der Waals surface area contributed by atoms with Gasteiger partial charge in [-0.1, -0.05) is 11.6 Å². The smallest absolute Gasteiger partial charge is 0.134 e. The topological polar surface area (TPSA) is 64.9 Å². The number of aromatic nitrogens is 4. The highest BCUT2D eigenvalue weighted by Crippen LogP contribution is 2.28. The zero-order valence-corrected chi connectivity index (χ0v) is 15.8. The molecule has 0 saturated heterocycles. The number of rotatable bonds is 6. The molecule has 0 fully saturated rings. The quantitative estimate of drug-likeness (QED) is 0.512. The molecule has 0 aliphatic rings. The highest BCUT2D eigenvalue weighted by Gasteiger charge is 2.11. The maximum atomic E-state index is 14.2. The number of methoxy groups -OCH3 is 1. The third kappa shape index (κ3) is 3.81. The van der Waals surface area contributed by atoms with Crippen molar-refractivity contribution in [2.75, 3.05) is 19.0 Å². The molecule has 3 aromatic heterocycles. The van der Waals surface area contributed by atoms with Crippen LogP contribution >= 0.6 is 11.6 Å². The molecule has 4 aromatic rings. The minimum Gasteiger partial charge on any atom is -0.383 e. The lowest BCUT2D eigenvalue weighted by atomic mass is 10.1. The second-order valence-corrected chi connectivity index (χ2v) is 6.59. The molecule has 1 N–H and O–H groups in total. The Kier molecular flexibility index (Phi) is 5.18. The molecule has 142 valence electrons. The molecule has 0 radical (unpaired) electrons. The predicted molar refractivity (Wildman–Crippen MR) is 107 cm³/mol. The van der Waals surface area contributed by atoms with E-state index in [0.29, 0.717) is 29.4 Å². The van der Waals surface area contributed by atoms with Gasteiger partial charge in [0.2, 0.25) is 0 Å². The number of pyridine rings is 2. The molecule has 0 atom stereocenters. The molecule has 0 spiro atoms. The van der Waals surface area contributed by atoms with Crippen LogP contribution in [0.2, 0.25) is 5.02 Å². The summed E-state index contributed by atoms with van der Waals surface area (Å²) in [4.78, 5) is 8.63. The molecular weight excluding hydrogens is 381 g/mol. The number of nitrogens with zero attached hydrogens (tertiary/aromatic N) is 4. The van der Waals surface area contributed by atoms with E-state index in [-0.39, 0.29) is 5.82 Å². The van der Waals surface area contributed by atoms with Crippen LogP contribution < -0.4 is 5.32 Å². The van der Waals surface area contributed by atoms with Crippen LogP contribution in [0.25, 0.3) is 22.3 Å². The maximum Gasteiger partial charge on any atom is 0.134 e. The van der Waals surface area contributed by atoms with Crippen LogP contribution in [0.3, 0.4) is 0 Å². The molecule has 0 saturated carbocycles. The Morgan fingerprint density at radius 3 is 2.86 bits per heavy atom. The van der Waals surface area contributed by atoms with Crippen molar-refractivity contribution < 1.29 is 9.13 Å². The first-order valence-electron chi connectivity index (χ1n) is 8.63. The van der Waals surface area contributed by atoms with Gasteiger partial charge in [0.15, 0.2) is 0 Å². The Labute approximate surface area is 166 Å². The van der Waals surface area contributed by atoms with Crippen molar-refractivity contribution in [2.24, 2.45) is 0 Å². The second-order valence-electron chi connectivity index (χ2n) is 6.16. The Balaban J connectivity index is 1.66. The van der Waals surface area contributed by atoms with Crippen molar-refractivity contribution in [3.63, 3.8) is 0 Å². The number of ether oxygens (including phenoxy) is 1. The fourth-order valence-electron chi connectivity index (χ4n) is 2.87. The molecular formula is C20H17ClFN5O. The van der Waals surface area contributed by atoms with Gasteiger partial charge in [0.1, 0.15) is 16.9 Å². The van der Waals surface area contributed by atoms with Crippen LogP contribution in [0, 0.1) is 5.82 Å². The van der Waals surface area contributed by atoms with Crippen molar-refractivity contribution in [3.8, 4) is 11.3 Å². The highest BCUT2D eigenvalue weighted by molar-refractivity contribution is 6.30. The van der Waals surface area contributed by atoms with Crippen LogP contribution in [-0.4, -0.2) is 33.5 Å². The van der Waals surface area contributed by atoms with Crippen molar-refractivity contribution in [3.05, 3.63) is 65.8 Å². The number of hydrogen-bond acceptors (Lipinski definition) is 5. The van der Waals surface area contributed by atoms with Gasteiger partial charge in [-0.15, -0.1) is 0 Å². The standard InChI is InChI=1S/C20H17ClFN5O/c1-28-9-8-27-12-19-20(26-27)17(5-7-24-19)25-14-4-6-23-18(11-14)15-10-13(21)2-3-16(15)22/h2-7,10-12H,8-9H2,1H3,(H,23,25). The zero-order chi connectivity index (χ0) is 19.5. The molecule has 0 amide bonds. The SMILES string of the molecule is COCCn1cc2nccc(Nc3ccnc(-c4cc(Cl)ccc4F)c3)c2n1. The molecule has 0 unspecified atom stereocenters. The monoisotopic (exact) mass is 397 g/mol. The molecule has 0 bridgehead atoms. The molecule has 0 aliphatic carbocycles. The van der Waals surface area contributed by atoms with E-state index in [9.17, 15) is 4.39 Å². The third-order valence-corrected chi connectivity index (χ3v) is 4.46. The van der Waals surface area contributed by atoms with Crippen LogP contribution in [0.1, 0.15) is 0 Å². The first kappa shape index (κ1) is 18.3. The summed E-state index contributed by atoms with van der Waals surface area (Å²) in [6.45, 7) is 1.20. The average molecular weight is 398 g/mol. The maximum absolute atomic E-state index is 14.2. The lowest BCUT2D eigenvalue weighted by Gasteiger charge is -2.09. The molecule has 3 heterocycles.